The van der Waals surface area contributed by atoms with E-state index in [0.29, 0.717) is 5.56 Å². The maximum Gasteiger partial charge on any atom is 0.416 e. The van der Waals surface area contributed by atoms with Crippen molar-refractivity contribution in [3.8, 4) is 0 Å². The number of non-ortho nitro benzene ring substituents is 1. The van der Waals surface area contributed by atoms with Crippen LogP contribution < -0.4 is 10.7 Å². The fourth-order valence-electron chi connectivity index (χ4n) is 1.97. The molecule has 0 aromatic heterocycles. The number of hydrogen-bond acceptors (Lipinski definition) is 5. The molecular weight excluding hydrogens is 381 g/mol. The number of hydrazone groups is 1. The molecular formula is C17H13F3N4O4. The molecule has 0 bridgehead atoms. The lowest BCUT2D eigenvalue weighted by atomic mass is 10.1. The second-order valence-corrected chi connectivity index (χ2v) is 5.40. The molecule has 0 radical (unpaired) electrons. The number of halogens is 3. The van der Waals surface area contributed by atoms with E-state index in [2.05, 4.69) is 15.8 Å². The molecule has 0 fully saturated rings. The molecule has 0 unspecified atom stereocenters. The van der Waals surface area contributed by atoms with Gasteiger partial charge in [-0.2, -0.15) is 18.3 Å². The van der Waals surface area contributed by atoms with Crippen LogP contribution in [0.4, 0.5) is 18.9 Å². The third-order valence-corrected chi connectivity index (χ3v) is 3.39. The first kappa shape index (κ1) is 20.6. The normalized spacial score (nSPS) is 11.2. The summed E-state index contributed by atoms with van der Waals surface area (Å²) in [5.74, 6) is -1.28. The third-order valence-electron chi connectivity index (χ3n) is 3.39. The summed E-state index contributed by atoms with van der Waals surface area (Å²) in [5.41, 5.74) is 1.60. The van der Waals surface area contributed by atoms with Crippen molar-refractivity contribution >= 4 is 23.7 Å². The Morgan fingerprint density at radius 3 is 2.21 bits per heavy atom. The van der Waals surface area contributed by atoms with Crippen molar-refractivity contribution in [1.29, 1.82) is 0 Å². The van der Waals surface area contributed by atoms with Gasteiger partial charge in [0, 0.05) is 17.7 Å². The van der Waals surface area contributed by atoms with Crippen molar-refractivity contribution in [1.82, 2.24) is 10.7 Å². The van der Waals surface area contributed by atoms with Crippen molar-refractivity contribution in [2.45, 2.75) is 6.18 Å². The second-order valence-electron chi connectivity index (χ2n) is 5.40. The summed E-state index contributed by atoms with van der Waals surface area (Å²) in [4.78, 5) is 33.4. The van der Waals surface area contributed by atoms with Crippen molar-refractivity contribution in [2.24, 2.45) is 5.10 Å². The molecule has 2 N–H and O–H groups in total. The third kappa shape index (κ3) is 5.90. The minimum absolute atomic E-state index is 0.131. The summed E-state index contributed by atoms with van der Waals surface area (Å²) in [5, 5.41) is 16.4. The molecule has 28 heavy (non-hydrogen) atoms. The number of carbonyl (C=O) groups is 2. The molecule has 8 nitrogen and oxygen atoms in total. The Hall–Kier alpha value is -3.76. The monoisotopic (exact) mass is 394 g/mol. The Bertz CT molecular complexity index is 894. The smallest absolute Gasteiger partial charge is 0.343 e. The van der Waals surface area contributed by atoms with Crippen LogP contribution >= 0.6 is 0 Å². The molecule has 0 aliphatic rings. The number of carbonyl (C=O) groups excluding carboxylic acids is 2. The summed E-state index contributed by atoms with van der Waals surface area (Å²) in [6, 6.07) is 8.94. The van der Waals surface area contributed by atoms with Crippen molar-refractivity contribution in [2.75, 3.05) is 6.54 Å². The van der Waals surface area contributed by atoms with Gasteiger partial charge in [-0.05, 0) is 29.8 Å². The predicted molar refractivity (Wildman–Crippen MR) is 92.6 cm³/mol. The van der Waals surface area contributed by atoms with Gasteiger partial charge in [-0.25, -0.2) is 5.43 Å². The quantitative estimate of drug-likeness (QED) is 0.445. The fourth-order valence-corrected chi connectivity index (χ4v) is 1.97. The Balaban J connectivity index is 1.81. The van der Waals surface area contributed by atoms with Gasteiger partial charge in [0.1, 0.15) is 0 Å². The number of nitro groups is 1. The van der Waals surface area contributed by atoms with Crippen LogP contribution in [-0.4, -0.2) is 29.5 Å². The summed E-state index contributed by atoms with van der Waals surface area (Å²) < 4.78 is 37.4. The molecule has 0 saturated carbocycles. The lowest BCUT2D eigenvalue weighted by Gasteiger charge is -2.06. The zero-order valence-electron chi connectivity index (χ0n) is 14.1. The van der Waals surface area contributed by atoms with E-state index < -0.39 is 35.0 Å². The van der Waals surface area contributed by atoms with Crippen molar-refractivity contribution in [3.05, 3.63) is 75.3 Å². The molecule has 0 aliphatic carbocycles. The van der Waals surface area contributed by atoms with E-state index in [0.717, 1.165) is 30.5 Å². The van der Waals surface area contributed by atoms with Gasteiger partial charge in [0.25, 0.3) is 17.5 Å². The predicted octanol–water partition coefficient (Wildman–Crippen LogP) is 2.49. The van der Waals surface area contributed by atoms with Gasteiger partial charge >= 0.3 is 6.18 Å². The fraction of sp³-hybridized carbons (Fsp3) is 0.118. The number of rotatable bonds is 6. The van der Waals surface area contributed by atoms with Gasteiger partial charge in [0.05, 0.1) is 23.2 Å². The number of alkyl halides is 3. The number of hydrogen-bond donors (Lipinski definition) is 2. The lowest BCUT2D eigenvalue weighted by Crippen LogP contribution is -2.34. The number of nitrogens with one attached hydrogen (secondary N) is 2. The summed E-state index contributed by atoms with van der Waals surface area (Å²) >= 11 is 0. The number of nitrogens with zero attached hydrogens (tertiary/aromatic N) is 2. The average molecular weight is 394 g/mol. The SMILES string of the molecule is O=C(CNC(=O)c1ccc([N+](=O)[O-])cc1)N/N=C/c1ccc(C(F)(F)F)cc1. The van der Waals surface area contributed by atoms with E-state index in [-0.39, 0.29) is 11.3 Å². The van der Waals surface area contributed by atoms with Crippen LogP contribution in [0.15, 0.2) is 53.6 Å². The molecule has 0 atom stereocenters. The number of nitro benzene ring substituents is 1. The van der Waals surface area contributed by atoms with E-state index in [1.54, 1.807) is 0 Å². The minimum atomic E-state index is -4.44. The molecule has 2 aromatic carbocycles. The highest BCUT2D eigenvalue weighted by Crippen LogP contribution is 2.28. The zero-order valence-corrected chi connectivity index (χ0v) is 14.1. The van der Waals surface area contributed by atoms with Crippen LogP contribution in [0.2, 0.25) is 0 Å². The van der Waals surface area contributed by atoms with Crippen LogP contribution in [0, 0.1) is 10.1 Å². The van der Waals surface area contributed by atoms with E-state index in [4.69, 9.17) is 0 Å². The van der Waals surface area contributed by atoms with E-state index in [1.807, 2.05) is 0 Å². The molecule has 0 aliphatic heterocycles. The topological polar surface area (TPSA) is 114 Å². The Kier molecular flexibility index (Phi) is 6.42. The zero-order chi connectivity index (χ0) is 20.7. The maximum absolute atomic E-state index is 12.5. The minimum Gasteiger partial charge on any atom is -0.343 e. The highest BCUT2D eigenvalue weighted by molar-refractivity contribution is 5.96. The summed E-state index contributed by atoms with van der Waals surface area (Å²) in [7, 11) is 0. The first-order chi connectivity index (χ1) is 13.2. The Morgan fingerprint density at radius 2 is 1.68 bits per heavy atom. The van der Waals surface area contributed by atoms with Crippen molar-refractivity contribution in [3.63, 3.8) is 0 Å². The van der Waals surface area contributed by atoms with E-state index in [9.17, 15) is 32.9 Å². The standard InChI is InChI=1S/C17H13F3N4O4/c18-17(19,20)13-5-1-11(2-6-13)9-22-23-15(25)10-21-16(26)12-3-7-14(8-4-12)24(27)28/h1-9H,10H2,(H,21,26)(H,23,25)/b22-9+. The summed E-state index contributed by atoms with van der Waals surface area (Å²) in [6.45, 7) is -0.416. The maximum atomic E-state index is 12.5. The van der Waals surface area contributed by atoms with Gasteiger partial charge < -0.3 is 5.32 Å². The van der Waals surface area contributed by atoms with Gasteiger partial charge in [-0.3, -0.25) is 19.7 Å². The van der Waals surface area contributed by atoms with Crippen LogP contribution in [0.5, 0.6) is 0 Å². The first-order valence-electron chi connectivity index (χ1n) is 7.68. The number of benzene rings is 2. The lowest BCUT2D eigenvalue weighted by molar-refractivity contribution is -0.384. The molecule has 146 valence electrons. The van der Waals surface area contributed by atoms with Gasteiger partial charge in [0.2, 0.25) is 0 Å². The van der Waals surface area contributed by atoms with E-state index >= 15 is 0 Å². The van der Waals surface area contributed by atoms with Crippen molar-refractivity contribution < 1.29 is 27.7 Å². The first-order valence-corrected chi connectivity index (χ1v) is 7.68. The van der Waals surface area contributed by atoms with Gasteiger partial charge in [-0.1, -0.05) is 12.1 Å². The van der Waals surface area contributed by atoms with Crippen LogP contribution in [-0.2, 0) is 11.0 Å². The molecule has 11 heteroatoms. The molecule has 2 rings (SSSR count). The molecule has 0 heterocycles. The molecule has 2 aromatic rings. The van der Waals surface area contributed by atoms with Gasteiger partial charge in [-0.15, -0.1) is 0 Å². The largest absolute Gasteiger partial charge is 0.416 e. The van der Waals surface area contributed by atoms with Gasteiger partial charge in [0.15, 0.2) is 0 Å². The molecule has 0 saturated heterocycles. The average Bonchev–Trinajstić information content (AvgIpc) is 2.66. The van der Waals surface area contributed by atoms with E-state index in [1.165, 1.54) is 24.3 Å². The molecule has 0 spiro atoms. The van der Waals surface area contributed by atoms with Crippen LogP contribution in [0.25, 0.3) is 0 Å². The highest BCUT2D eigenvalue weighted by atomic mass is 19.4. The Labute approximate surface area is 156 Å². The van der Waals surface area contributed by atoms with Crippen LogP contribution in [0.3, 0.4) is 0 Å². The summed E-state index contributed by atoms with van der Waals surface area (Å²) in [6.07, 6.45) is -3.29. The number of amides is 2. The Morgan fingerprint density at radius 1 is 1.07 bits per heavy atom. The second kappa shape index (κ2) is 8.75. The molecule has 2 amide bonds. The van der Waals surface area contributed by atoms with Crippen LogP contribution in [0.1, 0.15) is 21.5 Å². The highest BCUT2D eigenvalue weighted by Gasteiger charge is 2.29.